The van der Waals surface area contributed by atoms with Gasteiger partial charge in [0.2, 0.25) is 0 Å². The normalized spacial score (nSPS) is 10.1. The quantitative estimate of drug-likeness (QED) is 0.257. The van der Waals surface area contributed by atoms with E-state index in [0.717, 1.165) is 19.8 Å². The standard InChI is InChI=1S/C12H26O.C6H14O3.C4H10O3/c1-3-5-7-9-11-13-12-10-8-6-4-2;1-2-8-5-6-9-4-3-7;5-1-3-7-4-2-6/h3-12H2,1-2H3;7H,2-6H2,1H3;5-6H,1-4H2. The zero-order valence-electron chi connectivity index (χ0n) is 19.4. The van der Waals surface area contributed by atoms with Crippen LogP contribution in [0.2, 0.25) is 0 Å². The molecule has 0 aliphatic carbocycles. The fourth-order valence-electron chi connectivity index (χ4n) is 2.02. The average Bonchev–Trinajstić information content (AvgIpc) is 2.74. The summed E-state index contributed by atoms with van der Waals surface area (Å²) in [5.74, 6) is 0. The van der Waals surface area contributed by atoms with E-state index in [4.69, 9.17) is 29.5 Å². The van der Waals surface area contributed by atoms with Gasteiger partial charge in [-0.15, -0.1) is 0 Å². The van der Waals surface area contributed by atoms with Crippen LogP contribution in [-0.4, -0.2) is 88.0 Å². The van der Waals surface area contributed by atoms with Crippen LogP contribution in [0.1, 0.15) is 72.1 Å². The maximum absolute atomic E-state index is 8.26. The fourth-order valence-corrected chi connectivity index (χ4v) is 2.02. The van der Waals surface area contributed by atoms with Gasteiger partial charge in [-0.25, -0.2) is 0 Å². The molecule has 0 radical (unpaired) electrons. The second-order valence-corrected chi connectivity index (χ2v) is 6.33. The zero-order valence-corrected chi connectivity index (χ0v) is 19.4. The van der Waals surface area contributed by atoms with Crippen molar-refractivity contribution < 1.29 is 34.3 Å². The summed E-state index contributed by atoms with van der Waals surface area (Å²) >= 11 is 0. The molecule has 0 unspecified atom stereocenters. The first kappa shape index (κ1) is 33.4. The van der Waals surface area contributed by atoms with Gasteiger partial charge >= 0.3 is 0 Å². The van der Waals surface area contributed by atoms with E-state index < -0.39 is 0 Å². The molecule has 0 atom stereocenters. The molecule has 0 aliphatic heterocycles. The molecule has 7 nitrogen and oxygen atoms in total. The van der Waals surface area contributed by atoms with Gasteiger partial charge in [-0.3, -0.25) is 0 Å². The molecule has 0 bridgehead atoms. The number of hydrogen-bond acceptors (Lipinski definition) is 7. The van der Waals surface area contributed by atoms with Crippen molar-refractivity contribution in [1.82, 2.24) is 0 Å². The molecular weight excluding hydrogens is 376 g/mol. The van der Waals surface area contributed by atoms with Crippen molar-refractivity contribution in [2.75, 3.05) is 72.7 Å². The highest BCUT2D eigenvalue weighted by Crippen LogP contribution is 2.01. The van der Waals surface area contributed by atoms with Crippen LogP contribution in [-0.2, 0) is 18.9 Å². The van der Waals surface area contributed by atoms with Gasteiger partial charge in [0.25, 0.3) is 0 Å². The van der Waals surface area contributed by atoms with Gasteiger partial charge in [-0.1, -0.05) is 52.4 Å². The Kier molecular flexibility index (Phi) is 44.1. The minimum Gasteiger partial charge on any atom is -0.394 e. The molecule has 29 heavy (non-hydrogen) atoms. The molecule has 7 heteroatoms. The Balaban J connectivity index is -0.000000370. The summed E-state index contributed by atoms with van der Waals surface area (Å²) in [4.78, 5) is 0. The lowest BCUT2D eigenvalue weighted by Crippen LogP contribution is -2.06. The van der Waals surface area contributed by atoms with Crippen molar-refractivity contribution in [3.63, 3.8) is 0 Å². The molecule has 0 fully saturated rings. The lowest BCUT2D eigenvalue weighted by atomic mass is 10.2. The number of aliphatic hydroxyl groups is 3. The summed E-state index contributed by atoms with van der Waals surface area (Å²) < 4.78 is 20.0. The smallest absolute Gasteiger partial charge is 0.0701 e. The van der Waals surface area contributed by atoms with Crippen LogP contribution < -0.4 is 0 Å². The highest BCUT2D eigenvalue weighted by atomic mass is 16.5. The topological polar surface area (TPSA) is 97.6 Å². The third kappa shape index (κ3) is 47.2. The van der Waals surface area contributed by atoms with Crippen LogP contribution in [0.3, 0.4) is 0 Å². The fraction of sp³-hybridized carbons (Fsp3) is 1.00. The Morgan fingerprint density at radius 1 is 0.414 bits per heavy atom. The Hall–Kier alpha value is -0.280. The van der Waals surface area contributed by atoms with E-state index in [9.17, 15) is 0 Å². The van der Waals surface area contributed by atoms with Crippen molar-refractivity contribution in [1.29, 1.82) is 0 Å². The van der Waals surface area contributed by atoms with Gasteiger partial charge < -0.3 is 34.3 Å². The van der Waals surface area contributed by atoms with Gasteiger partial charge in [0.05, 0.1) is 52.9 Å². The van der Waals surface area contributed by atoms with Crippen molar-refractivity contribution in [3.05, 3.63) is 0 Å². The first-order valence-corrected chi connectivity index (χ1v) is 11.4. The molecule has 0 aromatic heterocycles. The van der Waals surface area contributed by atoms with Gasteiger partial charge in [0.1, 0.15) is 0 Å². The number of aliphatic hydroxyl groups excluding tert-OH is 3. The first-order chi connectivity index (χ1) is 14.2. The van der Waals surface area contributed by atoms with Crippen molar-refractivity contribution >= 4 is 0 Å². The lowest BCUT2D eigenvalue weighted by molar-refractivity contribution is 0.0370. The third-order valence-corrected chi connectivity index (χ3v) is 3.57. The highest BCUT2D eigenvalue weighted by Gasteiger charge is 1.90. The monoisotopic (exact) mass is 426 g/mol. The maximum Gasteiger partial charge on any atom is 0.0701 e. The lowest BCUT2D eigenvalue weighted by Gasteiger charge is -2.03. The Bertz CT molecular complexity index is 211. The number of rotatable bonds is 20. The van der Waals surface area contributed by atoms with E-state index in [1.807, 2.05) is 6.92 Å². The van der Waals surface area contributed by atoms with E-state index in [-0.39, 0.29) is 19.8 Å². The zero-order chi connectivity index (χ0) is 22.3. The molecule has 0 aromatic rings. The molecule has 0 aromatic carbocycles. The van der Waals surface area contributed by atoms with Gasteiger partial charge in [0.15, 0.2) is 0 Å². The molecule has 0 saturated heterocycles. The molecule has 0 aliphatic rings. The van der Waals surface area contributed by atoms with Crippen LogP contribution in [0, 0.1) is 0 Å². The van der Waals surface area contributed by atoms with E-state index in [1.165, 1.54) is 51.4 Å². The van der Waals surface area contributed by atoms with Crippen LogP contribution in [0.15, 0.2) is 0 Å². The molecule has 0 rings (SSSR count). The Labute approximate surface area is 179 Å². The Morgan fingerprint density at radius 2 is 0.793 bits per heavy atom. The van der Waals surface area contributed by atoms with E-state index >= 15 is 0 Å². The van der Waals surface area contributed by atoms with E-state index in [2.05, 4.69) is 18.6 Å². The minimum absolute atomic E-state index is 0.0278. The summed E-state index contributed by atoms with van der Waals surface area (Å²) in [6, 6.07) is 0. The van der Waals surface area contributed by atoms with E-state index in [0.29, 0.717) is 33.0 Å². The largest absolute Gasteiger partial charge is 0.394 e. The van der Waals surface area contributed by atoms with Crippen molar-refractivity contribution in [3.8, 4) is 0 Å². The molecule has 180 valence electrons. The number of ether oxygens (including phenoxy) is 4. The minimum atomic E-state index is 0.0278. The Morgan fingerprint density at radius 3 is 1.17 bits per heavy atom. The van der Waals surface area contributed by atoms with Gasteiger partial charge in [0, 0.05) is 19.8 Å². The molecule has 0 saturated carbocycles. The van der Waals surface area contributed by atoms with Crippen LogP contribution in [0.25, 0.3) is 0 Å². The molecule has 3 N–H and O–H groups in total. The van der Waals surface area contributed by atoms with Gasteiger partial charge in [-0.2, -0.15) is 0 Å². The predicted molar refractivity (Wildman–Crippen MR) is 118 cm³/mol. The van der Waals surface area contributed by atoms with Crippen LogP contribution in [0.5, 0.6) is 0 Å². The van der Waals surface area contributed by atoms with Crippen molar-refractivity contribution in [2.24, 2.45) is 0 Å². The number of unbranched alkanes of at least 4 members (excludes halogenated alkanes) is 6. The van der Waals surface area contributed by atoms with Crippen molar-refractivity contribution in [2.45, 2.75) is 72.1 Å². The second-order valence-electron chi connectivity index (χ2n) is 6.33. The molecule has 0 heterocycles. The molecule has 0 spiro atoms. The SMILES string of the molecule is CCCCCCOCCCCCC.CCOCCOCCO.OCCOCCO. The summed E-state index contributed by atoms with van der Waals surface area (Å²) in [6.45, 7) is 11.5. The molecular formula is C22H50O7. The molecule has 0 amide bonds. The summed E-state index contributed by atoms with van der Waals surface area (Å²) in [7, 11) is 0. The average molecular weight is 427 g/mol. The first-order valence-electron chi connectivity index (χ1n) is 11.4. The third-order valence-electron chi connectivity index (χ3n) is 3.57. The summed E-state index contributed by atoms with van der Waals surface area (Å²) in [5, 5.41) is 24.4. The highest BCUT2D eigenvalue weighted by molar-refractivity contribution is 4.42. The van der Waals surface area contributed by atoms with Gasteiger partial charge in [-0.05, 0) is 19.8 Å². The maximum atomic E-state index is 8.26. The van der Waals surface area contributed by atoms with E-state index in [1.54, 1.807) is 0 Å². The summed E-state index contributed by atoms with van der Waals surface area (Å²) in [5.41, 5.74) is 0. The van der Waals surface area contributed by atoms with Crippen LogP contribution in [0.4, 0.5) is 0 Å². The predicted octanol–water partition coefficient (Wildman–Crippen LogP) is 3.18. The van der Waals surface area contributed by atoms with Crippen LogP contribution >= 0.6 is 0 Å². The summed E-state index contributed by atoms with van der Waals surface area (Å²) in [6.07, 6.45) is 10.5. The number of hydrogen-bond donors (Lipinski definition) is 3. The second kappa shape index (κ2) is 38.3.